The zero-order valence-corrected chi connectivity index (χ0v) is 13.1. The minimum Gasteiger partial charge on any atom is -0.360 e. The summed E-state index contributed by atoms with van der Waals surface area (Å²) >= 11 is 5.19. The number of nitrogens with one attached hydrogen (secondary N) is 2. The lowest BCUT2D eigenvalue weighted by Gasteiger charge is -2.35. The summed E-state index contributed by atoms with van der Waals surface area (Å²) in [6, 6.07) is 4.24. The molecule has 0 unspecified atom stereocenters. The van der Waals surface area contributed by atoms with Crippen LogP contribution in [0, 0.1) is 11.6 Å². The van der Waals surface area contributed by atoms with E-state index in [1.54, 1.807) is 0 Å². The maximum Gasteiger partial charge on any atom is 0.171 e. The fourth-order valence-corrected chi connectivity index (χ4v) is 2.77. The first-order valence-corrected chi connectivity index (χ1v) is 7.63. The molecule has 0 aromatic heterocycles. The number of nitrogens with zero attached hydrogens (tertiary/aromatic N) is 1. The Morgan fingerprint density at radius 2 is 1.95 bits per heavy atom. The van der Waals surface area contributed by atoms with E-state index in [4.69, 9.17) is 12.2 Å². The van der Waals surface area contributed by atoms with Crippen molar-refractivity contribution < 1.29 is 8.78 Å². The number of hydrogen-bond acceptors (Lipinski definition) is 2. The van der Waals surface area contributed by atoms with Gasteiger partial charge in [0.2, 0.25) is 0 Å². The van der Waals surface area contributed by atoms with Crippen LogP contribution < -0.4 is 10.6 Å². The molecular weight excluding hydrogens is 292 g/mol. The second kappa shape index (κ2) is 7.13. The van der Waals surface area contributed by atoms with Gasteiger partial charge in [0, 0.05) is 31.2 Å². The zero-order chi connectivity index (χ0) is 15.4. The van der Waals surface area contributed by atoms with Crippen molar-refractivity contribution in [2.24, 2.45) is 0 Å². The molecular formula is C15H21F2N3S. The molecule has 1 heterocycles. The van der Waals surface area contributed by atoms with E-state index in [9.17, 15) is 8.78 Å². The predicted octanol–water partition coefficient (Wildman–Crippen LogP) is 3.12. The molecule has 0 amide bonds. The molecule has 1 aliphatic heterocycles. The Hall–Kier alpha value is -1.27. The first kappa shape index (κ1) is 16.1. The van der Waals surface area contributed by atoms with Gasteiger partial charge in [-0.15, -0.1) is 0 Å². The van der Waals surface area contributed by atoms with Crippen molar-refractivity contribution in [2.45, 2.75) is 38.8 Å². The van der Waals surface area contributed by atoms with E-state index in [1.807, 2.05) is 0 Å². The molecule has 0 bridgehead atoms. The third kappa shape index (κ3) is 4.61. The van der Waals surface area contributed by atoms with E-state index < -0.39 is 11.6 Å². The summed E-state index contributed by atoms with van der Waals surface area (Å²) in [6.45, 7) is 6.44. The lowest BCUT2D eigenvalue weighted by molar-refractivity contribution is 0.168. The molecule has 6 heteroatoms. The molecule has 1 aliphatic rings. The molecule has 0 atom stereocenters. The van der Waals surface area contributed by atoms with Crippen LogP contribution in [0.15, 0.2) is 18.2 Å². The minimum absolute atomic E-state index is 0.188. The Kier molecular flexibility index (Phi) is 5.47. The molecule has 1 fully saturated rings. The molecule has 2 rings (SSSR count). The van der Waals surface area contributed by atoms with Gasteiger partial charge >= 0.3 is 0 Å². The molecule has 1 aromatic carbocycles. The molecule has 3 nitrogen and oxygen atoms in total. The van der Waals surface area contributed by atoms with Gasteiger partial charge in [-0.05, 0) is 51.0 Å². The number of benzene rings is 1. The van der Waals surface area contributed by atoms with Crippen molar-refractivity contribution in [3.05, 3.63) is 29.8 Å². The molecule has 2 N–H and O–H groups in total. The van der Waals surface area contributed by atoms with Gasteiger partial charge in [0.25, 0.3) is 0 Å². The van der Waals surface area contributed by atoms with E-state index in [2.05, 4.69) is 29.4 Å². The highest BCUT2D eigenvalue weighted by molar-refractivity contribution is 7.80. The number of likely N-dealkylation sites (tertiary alicyclic amines) is 1. The van der Waals surface area contributed by atoms with Crippen LogP contribution in [0.5, 0.6) is 0 Å². The van der Waals surface area contributed by atoms with Gasteiger partial charge < -0.3 is 15.5 Å². The maximum absolute atomic E-state index is 13.5. The van der Waals surface area contributed by atoms with E-state index in [-0.39, 0.29) is 5.69 Å². The predicted molar refractivity (Wildman–Crippen MR) is 85.4 cm³/mol. The summed E-state index contributed by atoms with van der Waals surface area (Å²) in [4.78, 5) is 2.42. The molecule has 0 aliphatic carbocycles. The molecule has 0 spiro atoms. The zero-order valence-electron chi connectivity index (χ0n) is 12.3. The fraction of sp³-hybridized carbons (Fsp3) is 0.533. The molecule has 1 aromatic rings. The minimum atomic E-state index is -0.645. The van der Waals surface area contributed by atoms with Gasteiger partial charge in [0.1, 0.15) is 11.6 Å². The highest BCUT2D eigenvalue weighted by Crippen LogP contribution is 2.16. The molecule has 0 radical (unpaired) electrons. The van der Waals surface area contributed by atoms with Crippen molar-refractivity contribution in [1.29, 1.82) is 0 Å². The number of thiocarbonyl (C=S) groups is 1. The van der Waals surface area contributed by atoms with Crippen LogP contribution in [0.25, 0.3) is 0 Å². The second-order valence-electron chi connectivity index (χ2n) is 5.63. The van der Waals surface area contributed by atoms with Crippen LogP contribution in [0.2, 0.25) is 0 Å². The van der Waals surface area contributed by atoms with E-state index in [1.165, 1.54) is 12.1 Å². The number of hydrogen-bond donors (Lipinski definition) is 2. The number of rotatable bonds is 3. The normalized spacial score (nSPS) is 17.0. The van der Waals surface area contributed by atoms with Crippen LogP contribution in [0.3, 0.4) is 0 Å². The van der Waals surface area contributed by atoms with Gasteiger partial charge in [-0.25, -0.2) is 8.78 Å². The summed E-state index contributed by atoms with van der Waals surface area (Å²) in [5.74, 6) is -1.24. The second-order valence-corrected chi connectivity index (χ2v) is 6.03. The highest BCUT2D eigenvalue weighted by atomic mass is 32.1. The third-order valence-electron chi connectivity index (χ3n) is 3.77. The average Bonchev–Trinajstić information content (AvgIpc) is 2.42. The first-order chi connectivity index (χ1) is 9.95. The Bertz CT molecular complexity index is 500. The topological polar surface area (TPSA) is 27.3 Å². The smallest absolute Gasteiger partial charge is 0.171 e. The summed E-state index contributed by atoms with van der Waals surface area (Å²) in [5.41, 5.74) is 0.188. The summed E-state index contributed by atoms with van der Waals surface area (Å²) in [6.07, 6.45) is 2.01. The SMILES string of the molecule is CC(C)N1CCC(NC(=S)Nc2ccc(F)cc2F)CC1. The quantitative estimate of drug-likeness (QED) is 0.839. The van der Waals surface area contributed by atoms with Crippen LogP contribution in [-0.2, 0) is 0 Å². The van der Waals surface area contributed by atoms with Crippen LogP contribution in [0.4, 0.5) is 14.5 Å². The molecule has 116 valence electrons. The lowest BCUT2D eigenvalue weighted by atomic mass is 10.0. The summed E-state index contributed by atoms with van der Waals surface area (Å²) < 4.78 is 26.4. The Balaban J connectivity index is 1.83. The number of halogens is 2. The van der Waals surface area contributed by atoms with Gasteiger partial charge in [-0.2, -0.15) is 0 Å². The monoisotopic (exact) mass is 313 g/mol. The number of piperidine rings is 1. The first-order valence-electron chi connectivity index (χ1n) is 7.22. The Morgan fingerprint density at radius 3 is 2.52 bits per heavy atom. The van der Waals surface area contributed by atoms with E-state index in [0.29, 0.717) is 17.2 Å². The largest absolute Gasteiger partial charge is 0.360 e. The highest BCUT2D eigenvalue weighted by Gasteiger charge is 2.21. The van der Waals surface area contributed by atoms with Crippen LogP contribution in [0.1, 0.15) is 26.7 Å². The van der Waals surface area contributed by atoms with Gasteiger partial charge in [-0.3, -0.25) is 0 Å². The fourth-order valence-electron chi connectivity index (χ4n) is 2.49. The van der Waals surface area contributed by atoms with E-state index in [0.717, 1.165) is 32.0 Å². The standard InChI is InChI=1S/C15H21F2N3S/c1-10(2)20-7-5-12(6-8-20)18-15(21)19-14-4-3-11(16)9-13(14)17/h3-4,9-10,12H,5-8H2,1-2H3,(H2,18,19,21). The summed E-state index contributed by atoms with van der Waals surface area (Å²) in [7, 11) is 0. The van der Waals surface area contributed by atoms with Crippen molar-refractivity contribution in [3.8, 4) is 0 Å². The average molecular weight is 313 g/mol. The number of anilines is 1. The Labute approximate surface area is 129 Å². The Morgan fingerprint density at radius 1 is 1.29 bits per heavy atom. The lowest BCUT2D eigenvalue weighted by Crippen LogP contribution is -2.47. The third-order valence-corrected chi connectivity index (χ3v) is 3.99. The summed E-state index contributed by atoms with van der Waals surface area (Å²) in [5, 5.41) is 6.36. The maximum atomic E-state index is 13.5. The van der Waals surface area contributed by atoms with Gasteiger partial charge in [0.05, 0.1) is 5.69 Å². The van der Waals surface area contributed by atoms with Crippen molar-refractivity contribution >= 4 is 23.0 Å². The van der Waals surface area contributed by atoms with Gasteiger partial charge in [0.15, 0.2) is 5.11 Å². The van der Waals surface area contributed by atoms with Crippen molar-refractivity contribution in [2.75, 3.05) is 18.4 Å². The molecule has 0 saturated carbocycles. The van der Waals surface area contributed by atoms with Gasteiger partial charge in [-0.1, -0.05) is 0 Å². The van der Waals surface area contributed by atoms with E-state index >= 15 is 0 Å². The van der Waals surface area contributed by atoms with Crippen LogP contribution in [-0.4, -0.2) is 35.2 Å². The van der Waals surface area contributed by atoms with Crippen molar-refractivity contribution in [1.82, 2.24) is 10.2 Å². The molecule has 1 saturated heterocycles. The molecule has 21 heavy (non-hydrogen) atoms. The van der Waals surface area contributed by atoms with Crippen molar-refractivity contribution in [3.63, 3.8) is 0 Å². The van der Waals surface area contributed by atoms with Crippen LogP contribution >= 0.6 is 12.2 Å².